The molecule has 1 unspecified atom stereocenters. The Balaban J connectivity index is 0.00000261. The summed E-state index contributed by atoms with van der Waals surface area (Å²) in [6, 6.07) is 13.6. The molecule has 0 aromatic heterocycles. The van der Waals surface area contributed by atoms with Crippen LogP contribution in [0.4, 0.5) is 0 Å². The van der Waals surface area contributed by atoms with Crippen LogP contribution in [0.5, 0.6) is 0 Å². The fourth-order valence-electron chi connectivity index (χ4n) is 2.97. The molecule has 2 amide bonds. The number of benzene rings is 2. The van der Waals surface area contributed by atoms with Gasteiger partial charge in [-0.15, -0.1) is 12.4 Å². The number of carbonyl (C=O) groups is 2. The van der Waals surface area contributed by atoms with Crippen LogP contribution in [0.1, 0.15) is 22.0 Å². The Kier molecular flexibility index (Phi) is 7.50. The molecule has 2 N–H and O–H groups in total. The monoisotopic (exact) mass is 427 g/mol. The summed E-state index contributed by atoms with van der Waals surface area (Å²) in [4.78, 5) is 28.6. The fraction of sp³-hybridized carbons (Fsp3) is 0.263. The van der Waals surface area contributed by atoms with E-state index in [0.717, 1.165) is 5.56 Å². The van der Waals surface area contributed by atoms with Crippen LogP contribution in [0.3, 0.4) is 0 Å². The first kappa shape index (κ1) is 21.5. The topological polar surface area (TPSA) is 66.6 Å². The van der Waals surface area contributed by atoms with Crippen molar-refractivity contribution in [2.24, 2.45) is 5.73 Å². The molecule has 5 nitrogen and oxygen atoms in total. The van der Waals surface area contributed by atoms with Crippen LogP contribution in [0, 0.1) is 0 Å². The molecule has 1 fully saturated rings. The minimum absolute atomic E-state index is 0. The van der Waals surface area contributed by atoms with E-state index >= 15 is 0 Å². The maximum atomic E-state index is 12.7. The van der Waals surface area contributed by atoms with Crippen LogP contribution in [0.15, 0.2) is 48.5 Å². The van der Waals surface area contributed by atoms with Crippen LogP contribution in [-0.4, -0.2) is 47.8 Å². The van der Waals surface area contributed by atoms with Crippen molar-refractivity contribution in [2.75, 3.05) is 26.2 Å². The molecule has 2 aromatic carbocycles. The van der Waals surface area contributed by atoms with E-state index in [0.29, 0.717) is 36.8 Å². The predicted molar refractivity (Wildman–Crippen MR) is 110 cm³/mol. The van der Waals surface area contributed by atoms with Crippen molar-refractivity contribution < 1.29 is 9.59 Å². The van der Waals surface area contributed by atoms with Gasteiger partial charge in [0.2, 0.25) is 5.91 Å². The third-order valence-electron chi connectivity index (χ3n) is 4.49. The van der Waals surface area contributed by atoms with Gasteiger partial charge in [0.05, 0.1) is 15.6 Å². The first-order chi connectivity index (χ1) is 12.5. The number of nitrogens with two attached hydrogens (primary N) is 1. The number of carbonyl (C=O) groups excluding carboxylic acids is 2. The number of halogens is 3. The summed E-state index contributed by atoms with van der Waals surface area (Å²) in [5, 5.41) is 0.601. The maximum absolute atomic E-state index is 12.7. The zero-order valence-corrected chi connectivity index (χ0v) is 16.8. The van der Waals surface area contributed by atoms with E-state index in [2.05, 4.69) is 0 Å². The lowest BCUT2D eigenvalue weighted by Gasteiger charge is -2.36. The molecule has 1 aliphatic rings. The summed E-state index contributed by atoms with van der Waals surface area (Å²) in [6.07, 6.45) is 0. The van der Waals surface area contributed by atoms with Crippen LogP contribution in [0.25, 0.3) is 0 Å². The van der Waals surface area contributed by atoms with Gasteiger partial charge >= 0.3 is 0 Å². The molecule has 0 aliphatic carbocycles. The van der Waals surface area contributed by atoms with Crippen molar-refractivity contribution in [3.05, 3.63) is 69.7 Å². The summed E-state index contributed by atoms with van der Waals surface area (Å²) < 4.78 is 0. The molecule has 144 valence electrons. The van der Waals surface area contributed by atoms with Gasteiger partial charge in [-0.25, -0.2) is 0 Å². The van der Waals surface area contributed by atoms with E-state index in [1.165, 1.54) is 0 Å². The molecule has 1 heterocycles. The molecule has 1 saturated heterocycles. The summed E-state index contributed by atoms with van der Waals surface area (Å²) in [6.45, 7) is 1.72. The molecule has 0 spiro atoms. The molecule has 0 radical (unpaired) electrons. The third kappa shape index (κ3) is 4.74. The van der Waals surface area contributed by atoms with Gasteiger partial charge in [-0.1, -0.05) is 59.6 Å². The molecule has 1 atom stereocenters. The fourth-order valence-corrected chi connectivity index (χ4v) is 3.35. The molecule has 8 heteroatoms. The molecule has 1 aliphatic heterocycles. The third-order valence-corrected chi connectivity index (χ3v) is 5.30. The van der Waals surface area contributed by atoms with E-state index in [4.69, 9.17) is 28.9 Å². The van der Waals surface area contributed by atoms with E-state index in [1.807, 2.05) is 30.3 Å². The largest absolute Gasteiger partial charge is 0.337 e. The van der Waals surface area contributed by atoms with Gasteiger partial charge in [-0.2, -0.15) is 0 Å². The van der Waals surface area contributed by atoms with E-state index in [1.54, 1.807) is 28.0 Å². The Morgan fingerprint density at radius 2 is 1.48 bits per heavy atom. The van der Waals surface area contributed by atoms with Crippen molar-refractivity contribution in [3.8, 4) is 0 Å². The Bertz CT molecular complexity index is 809. The van der Waals surface area contributed by atoms with Crippen LogP contribution in [-0.2, 0) is 4.79 Å². The highest BCUT2D eigenvalue weighted by molar-refractivity contribution is 6.43. The molecule has 3 rings (SSSR count). The Morgan fingerprint density at radius 3 is 2.11 bits per heavy atom. The molecule has 2 aromatic rings. The standard InChI is InChI=1S/C19H19Cl2N3O2.ClH/c20-15-8-4-7-14(16(15)21)18(25)23-9-11-24(12-10-23)19(26)17(22)13-5-2-1-3-6-13;/h1-8,17H,9-12,22H2;1H. The zero-order chi connectivity index (χ0) is 18.7. The SMILES string of the molecule is Cl.NC(C(=O)N1CCN(C(=O)c2cccc(Cl)c2Cl)CC1)c1ccccc1. The number of piperazine rings is 1. The molecular formula is C19H20Cl3N3O2. The van der Waals surface area contributed by atoms with Crippen molar-refractivity contribution >= 4 is 47.4 Å². The summed E-state index contributed by atoms with van der Waals surface area (Å²) >= 11 is 12.1. The number of hydrogen-bond acceptors (Lipinski definition) is 3. The highest BCUT2D eigenvalue weighted by Gasteiger charge is 2.29. The molecule has 27 heavy (non-hydrogen) atoms. The average Bonchev–Trinajstić information content (AvgIpc) is 2.69. The normalized spacial score (nSPS) is 15.1. The molecule has 0 saturated carbocycles. The summed E-state index contributed by atoms with van der Waals surface area (Å²) in [5.74, 6) is -0.318. The van der Waals surface area contributed by atoms with Gasteiger partial charge in [-0.3, -0.25) is 9.59 Å². The number of amides is 2. The van der Waals surface area contributed by atoms with Crippen LogP contribution in [0.2, 0.25) is 10.0 Å². The second-order valence-corrected chi connectivity index (χ2v) is 6.89. The second-order valence-electron chi connectivity index (χ2n) is 6.11. The summed E-state index contributed by atoms with van der Waals surface area (Å²) in [7, 11) is 0. The van der Waals surface area contributed by atoms with Crippen molar-refractivity contribution in [3.63, 3.8) is 0 Å². The Labute approximate surface area is 174 Å². The smallest absolute Gasteiger partial charge is 0.255 e. The highest BCUT2D eigenvalue weighted by atomic mass is 35.5. The van der Waals surface area contributed by atoms with Crippen molar-refractivity contribution in [1.29, 1.82) is 0 Å². The lowest BCUT2D eigenvalue weighted by molar-refractivity contribution is -0.134. The summed E-state index contributed by atoms with van der Waals surface area (Å²) in [5.41, 5.74) is 7.24. The first-order valence-corrected chi connectivity index (χ1v) is 9.07. The minimum atomic E-state index is -0.694. The average molecular weight is 429 g/mol. The van der Waals surface area contributed by atoms with Gasteiger partial charge in [0.1, 0.15) is 6.04 Å². The Hall–Kier alpha value is -1.79. The lowest BCUT2D eigenvalue weighted by Crippen LogP contribution is -2.52. The van der Waals surface area contributed by atoms with Crippen molar-refractivity contribution in [2.45, 2.75) is 6.04 Å². The quantitative estimate of drug-likeness (QED) is 0.815. The van der Waals surface area contributed by atoms with Gasteiger partial charge < -0.3 is 15.5 Å². The highest BCUT2D eigenvalue weighted by Crippen LogP contribution is 2.27. The van der Waals surface area contributed by atoms with Gasteiger partial charge in [0.25, 0.3) is 5.91 Å². The van der Waals surface area contributed by atoms with Gasteiger partial charge in [0.15, 0.2) is 0 Å². The lowest BCUT2D eigenvalue weighted by atomic mass is 10.1. The predicted octanol–water partition coefficient (Wildman–Crippen LogP) is 3.40. The number of nitrogens with zero attached hydrogens (tertiary/aromatic N) is 2. The van der Waals surface area contributed by atoms with Crippen LogP contribution >= 0.6 is 35.6 Å². The first-order valence-electron chi connectivity index (χ1n) is 8.31. The van der Waals surface area contributed by atoms with Crippen molar-refractivity contribution in [1.82, 2.24) is 9.80 Å². The zero-order valence-electron chi connectivity index (χ0n) is 14.5. The number of hydrogen-bond donors (Lipinski definition) is 1. The van der Waals surface area contributed by atoms with Crippen LogP contribution < -0.4 is 5.73 Å². The van der Waals surface area contributed by atoms with Gasteiger partial charge in [0, 0.05) is 26.2 Å². The maximum Gasteiger partial charge on any atom is 0.255 e. The van der Waals surface area contributed by atoms with Gasteiger partial charge in [-0.05, 0) is 17.7 Å². The minimum Gasteiger partial charge on any atom is -0.337 e. The van der Waals surface area contributed by atoms with E-state index < -0.39 is 6.04 Å². The molecular weight excluding hydrogens is 409 g/mol. The molecule has 0 bridgehead atoms. The van der Waals surface area contributed by atoms with E-state index in [-0.39, 0.29) is 29.2 Å². The Morgan fingerprint density at radius 1 is 0.889 bits per heavy atom. The number of rotatable bonds is 3. The second kappa shape index (κ2) is 9.42. The van der Waals surface area contributed by atoms with E-state index in [9.17, 15) is 9.59 Å².